The van der Waals surface area contributed by atoms with Gasteiger partial charge in [-0.05, 0) is 6.92 Å². The normalized spacial score (nSPS) is 10.6. The highest BCUT2D eigenvalue weighted by Crippen LogP contribution is 1.98. The highest BCUT2D eigenvalue weighted by Gasteiger charge is 2.11. The molecule has 0 aromatic heterocycles. The molecule has 0 heterocycles. The van der Waals surface area contributed by atoms with Gasteiger partial charge in [0, 0.05) is 19.6 Å². The largest absolute Gasteiger partial charge is 0.469 e. The lowest BCUT2D eigenvalue weighted by Gasteiger charge is -2.21. The number of methoxy groups -OCH3 is 1. The predicted molar refractivity (Wildman–Crippen MR) is 72.2 cm³/mol. The van der Waals surface area contributed by atoms with Crippen LogP contribution in [-0.2, 0) is 23.8 Å². The molecule has 0 radical (unpaired) electrons. The van der Waals surface area contributed by atoms with Gasteiger partial charge >= 0.3 is 11.9 Å². The fourth-order valence-corrected chi connectivity index (χ4v) is 1.53. The van der Waals surface area contributed by atoms with Gasteiger partial charge in [0.2, 0.25) is 0 Å². The molecule has 7 nitrogen and oxygen atoms in total. The van der Waals surface area contributed by atoms with Crippen LogP contribution in [0.25, 0.3) is 0 Å². The molecule has 118 valence electrons. The second-order valence-corrected chi connectivity index (χ2v) is 4.06. The van der Waals surface area contributed by atoms with Crippen LogP contribution in [0.1, 0.15) is 19.8 Å². The van der Waals surface area contributed by atoms with E-state index in [0.717, 1.165) is 0 Å². The Balaban J connectivity index is 4.02. The zero-order valence-corrected chi connectivity index (χ0v) is 12.3. The lowest BCUT2D eigenvalue weighted by Crippen LogP contribution is -2.32. The molecule has 0 aliphatic heterocycles. The molecule has 0 aliphatic rings. The van der Waals surface area contributed by atoms with Crippen molar-refractivity contribution in [1.29, 1.82) is 0 Å². The number of carbonyl (C=O) groups is 2. The van der Waals surface area contributed by atoms with E-state index < -0.39 is 0 Å². The van der Waals surface area contributed by atoms with Gasteiger partial charge in [0.25, 0.3) is 0 Å². The summed E-state index contributed by atoms with van der Waals surface area (Å²) in [5.41, 5.74) is 0. The number of rotatable bonds is 12. The van der Waals surface area contributed by atoms with Crippen LogP contribution in [0.5, 0.6) is 0 Å². The Labute approximate surface area is 119 Å². The molecule has 20 heavy (non-hydrogen) atoms. The molecule has 0 aliphatic carbocycles. The van der Waals surface area contributed by atoms with E-state index in [0.29, 0.717) is 32.8 Å². The van der Waals surface area contributed by atoms with Gasteiger partial charge in [0.05, 0.1) is 46.4 Å². The second kappa shape index (κ2) is 12.8. The summed E-state index contributed by atoms with van der Waals surface area (Å²) in [6.07, 6.45) is 0.536. The maximum Gasteiger partial charge on any atom is 0.307 e. The third kappa shape index (κ3) is 10.7. The molecule has 0 aromatic rings. The van der Waals surface area contributed by atoms with Crippen LogP contribution >= 0.6 is 0 Å². The van der Waals surface area contributed by atoms with Crippen LogP contribution in [0.15, 0.2) is 0 Å². The number of hydrogen-bond acceptors (Lipinski definition) is 7. The van der Waals surface area contributed by atoms with Crippen molar-refractivity contribution in [3.63, 3.8) is 0 Å². The van der Waals surface area contributed by atoms with Crippen molar-refractivity contribution in [2.24, 2.45) is 0 Å². The van der Waals surface area contributed by atoms with Crippen molar-refractivity contribution in [3.8, 4) is 0 Å². The van der Waals surface area contributed by atoms with Gasteiger partial charge in [-0.15, -0.1) is 0 Å². The molecular weight excluding hydrogens is 266 g/mol. The van der Waals surface area contributed by atoms with Crippen LogP contribution in [0, 0.1) is 0 Å². The van der Waals surface area contributed by atoms with Crippen molar-refractivity contribution >= 4 is 11.9 Å². The molecule has 0 amide bonds. The van der Waals surface area contributed by atoms with Crippen LogP contribution in [0.2, 0.25) is 0 Å². The molecule has 0 saturated heterocycles. The van der Waals surface area contributed by atoms with Crippen molar-refractivity contribution in [1.82, 2.24) is 4.90 Å². The quantitative estimate of drug-likeness (QED) is 0.394. The Morgan fingerprint density at radius 2 is 1.70 bits per heavy atom. The summed E-state index contributed by atoms with van der Waals surface area (Å²) in [6, 6.07) is 0. The monoisotopic (exact) mass is 291 g/mol. The van der Waals surface area contributed by atoms with Crippen LogP contribution in [-0.4, -0.2) is 75.1 Å². The fourth-order valence-electron chi connectivity index (χ4n) is 1.53. The Hall–Kier alpha value is -1.18. The molecule has 0 bridgehead atoms. The molecule has 0 saturated carbocycles. The minimum Gasteiger partial charge on any atom is -0.469 e. The third-order valence-corrected chi connectivity index (χ3v) is 2.58. The molecular formula is C13H25NO6. The molecule has 0 fully saturated rings. The highest BCUT2D eigenvalue weighted by molar-refractivity contribution is 5.70. The number of hydrogen-bond donors (Lipinski definition) is 1. The molecule has 0 rings (SSSR count). The summed E-state index contributed by atoms with van der Waals surface area (Å²) in [6.45, 7) is 4.39. The molecule has 0 atom stereocenters. The lowest BCUT2D eigenvalue weighted by molar-refractivity contribution is -0.143. The molecule has 7 heteroatoms. The van der Waals surface area contributed by atoms with Crippen LogP contribution in [0.3, 0.4) is 0 Å². The minimum absolute atomic E-state index is 0.0228. The van der Waals surface area contributed by atoms with E-state index in [4.69, 9.17) is 14.6 Å². The number of esters is 2. The highest BCUT2D eigenvalue weighted by atomic mass is 16.5. The van der Waals surface area contributed by atoms with E-state index in [2.05, 4.69) is 4.74 Å². The van der Waals surface area contributed by atoms with Gasteiger partial charge < -0.3 is 19.3 Å². The Morgan fingerprint density at radius 1 is 1.05 bits per heavy atom. The maximum absolute atomic E-state index is 11.3. The standard InChI is InChI=1S/C13H25NO6/c1-3-20-13(17)5-7-14(6-4-12(16)18-2)8-10-19-11-9-15/h15H,3-11H2,1-2H3. The van der Waals surface area contributed by atoms with Crippen molar-refractivity contribution in [2.45, 2.75) is 19.8 Å². The number of ether oxygens (including phenoxy) is 3. The molecule has 0 spiro atoms. The number of aliphatic hydroxyl groups is 1. The summed E-state index contributed by atoms with van der Waals surface area (Å²) in [5.74, 6) is -0.547. The summed E-state index contributed by atoms with van der Waals surface area (Å²) < 4.78 is 14.6. The summed E-state index contributed by atoms with van der Waals surface area (Å²) in [4.78, 5) is 24.4. The smallest absolute Gasteiger partial charge is 0.307 e. The minimum atomic E-state index is -0.289. The number of nitrogens with zero attached hydrogens (tertiary/aromatic N) is 1. The van der Waals surface area contributed by atoms with Crippen molar-refractivity contribution < 1.29 is 28.9 Å². The van der Waals surface area contributed by atoms with Gasteiger partial charge in [-0.2, -0.15) is 0 Å². The van der Waals surface area contributed by atoms with Crippen LogP contribution < -0.4 is 0 Å². The lowest BCUT2D eigenvalue weighted by atomic mass is 10.3. The van der Waals surface area contributed by atoms with Gasteiger partial charge in [-0.25, -0.2) is 0 Å². The van der Waals surface area contributed by atoms with E-state index in [1.807, 2.05) is 4.90 Å². The first kappa shape index (κ1) is 18.8. The average molecular weight is 291 g/mol. The van der Waals surface area contributed by atoms with E-state index in [1.54, 1.807) is 6.92 Å². The first-order chi connectivity index (χ1) is 9.63. The average Bonchev–Trinajstić information content (AvgIpc) is 2.45. The zero-order chi connectivity index (χ0) is 15.2. The Morgan fingerprint density at radius 3 is 2.25 bits per heavy atom. The van der Waals surface area contributed by atoms with Gasteiger partial charge in [0.1, 0.15) is 0 Å². The molecule has 0 aromatic carbocycles. The predicted octanol–water partition coefficient (Wildman–Crippen LogP) is -0.186. The van der Waals surface area contributed by atoms with Crippen molar-refractivity contribution in [2.75, 3.05) is 53.2 Å². The fraction of sp³-hybridized carbons (Fsp3) is 0.846. The zero-order valence-electron chi connectivity index (χ0n) is 12.3. The van der Waals surface area contributed by atoms with E-state index >= 15 is 0 Å². The van der Waals surface area contributed by atoms with E-state index in [1.165, 1.54) is 7.11 Å². The van der Waals surface area contributed by atoms with Gasteiger partial charge in [-0.1, -0.05) is 0 Å². The summed E-state index contributed by atoms with van der Waals surface area (Å²) in [7, 11) is 1.34. The summed E-state index contributed by atoms with van der Waals surface area (Å²) in [5, 5.41) is 8.61. The third-order valence-electron chi connectivity index (χ3n) is 2.58. The van der Waals surface area contributed by atoms with Crippen molar-refractivity contribution in [3.05, 3.63) is 0 Å². The van der Waals surface area contributed by atoms with E-state index in [-0.39, 0.29) is 38.0 Å². The first-order valence-corrected chi connectivity index (χ1v) is 6.77. The topological polar surface area (TPSA) is 85.3 Å². The Bertz CT molecular complexity index is 272. The maximum atomic E-state index is 11.3. The van der Waals surface area contributed by atoms with E-state index in [9.17, 15) is 9.59 Å². The molecule has 0 unspecified atom stereocenters. The van der Waals surface area contributed by atoms with Gasteiger partial charge in [-0.3, -0.25) is 14.5 Å². The summed E-state index contributed by atoms with van der Waals surface area (Å²) >= 11 is 0. The number of carbonyl (C=O) groups excluding carboxylic acids is 2. The number of aliphatic hydroxyl groups excluding tert-OH is 1. The van der Waals surface area contributed by atoms with Crippen LogP contribution in [0.4, 0.5) is 0 Å². The first-order valence-electron chi connectivity index (χ1n) is 6.77. The second-order valence-electron chi connectivity index (χ2n) is 4.06. The Kier molecular flexibility index (Phi) is 12.1. The van der Waals surface area contributed by atoms with Gasteiger partial charge in [0.15, 0.2) is 0 Å². The molecule has 1 N–H and O–H groups in total. The SMILES string of the molecule is CCOC(=O)CCN(CCOCCO)CCC(=O)OC.